The number of methoxy groups -OCH3 is 1. The maximum atomic E-state index is 12.6. The first kappa shape index (κ1) is 17.8. The molecular formula is C12H20N2O5S3. The second-order valence-corrected chi connectivity index (χ2v) is 10.5. The van der Waals surface area contributed by atoms with Crippen molar-refractivity contribution in [2.45, 2.75) is 39.5 Å². The zero-order valence-electron chi connectivity index (χ0n) is 12.4. The van der Waals surface area contributed by atoms with Crippen molar-refractivity contribution in [1.82, 2.24) is 5.32 Å². The molecule has 0 radical (unpaired) electrons. The number of sulfonamides is 1. The molecule has 7 nitrogen and oxygen atoms in total. The van der Waals surface area contributed by atoms with Gasteiger partial charge in [0, 0.05) is 18.7 Å². The second kappa shape index (κ2) is 6.54. The average molecular weight is 369 g/mol. The topological polar surface area (TPSA) is 116 Å². The van der Waals surface area contributed by atoms with Gasteiger partial charge in [-0.3, -0.25) is 0 Å². The van der Waals surface area contributed by atoms with E-state index in [1.54, 1.807) is 0 Å². The van der Waals surface area contributed by atoms with Crippen LogP contribution in [0.1, 0.15) is 31.4 Å². The first-order valence-corrected chi connectivity index (χ1v) is 10.8. The molecule has 3 N–H and O–H groups in total. The summed E-state index contributed by atoms with van der Waals surface area (Å²) in [5, 5.41) is 7.72. The van der Waals surface area contributed by atoms with E-state index >= 15 is 0 Å². The molecular weight excluding hydrogens is 348 g/mol. The summed E-state index contributed by atoms with van der Waals surface area (Å²) in [6.45, 7) is 2.79. The molecule has 2 rings (SSSR count). The van der Waals surface area contributed by atoms with Gasteiger partial charge in [0.1, 0.15) is 8.42 Å². The molecule has 10 heteroatoms. The molecule has 0 amide bonds. The summed E-state index contributed by atoms with van der Waals surface area (Å²) in [4.78, 5) is 0. The molecule has 0 aliphatic carbocycles. The number of rotatable bonds is 6. The summed E-state index contributed by atoms with van der Waals surface area (Å²) in [6, 6.07) is 1.16. The highest BCUT2D eigenvalue weighted by atomic mass is 32.3. The third kappa shape index (κ3) is 3.36. The predicted molar refractivity (Wildman–Crippen MR) is 84.2 cm³/mol. The Hall–Kier alpha value is -0.520. The molecule has 0 unspecified atom stereocenters. The Bertz CT molecular complexity index is 739. The zero-order valence-corrected chi connectivity index (χ0v) is 14.9. The molecule has 2 heterocycles. The Kier molecular flexibility index (Phi) is 5.30. The summed E-state index contributed by atoms with van der Waals surface area (Å²) < 4.78 is 53.3. The average Bonchev–Trinajstić information content (AvgIpc) is 2.87. The maximum Gasteiger partial charge on any atom is 0.247 e. The largest absolute Gasteiger partial charge is 0.383 e. The molecule has 0 fully saturated rings. The maximum absolute atomic E-state index is 12.6. The van der Waals surface area contributed by atoms with Gasteiger partial charge < -0.3 is 10.1 Å². The smallest absolute Gasteiger partial charge is 0.247 e. The molecule has 0 bridgehead atoms. The van der Waals surface area contributed by atoms with E-state index in [0.717, 1.165) is 17.8 Å². The van der Waals surface area contributed by atoms with Crippen molar-refractivity contribution in [2.75, 3.05) is 20.3 Å². The van der Waals surface area contributed by atoms with Crippen LogP contribution in [0.15, 0.2) is 14.5 Å². The van der Waals surface area contributed by atoms with Crippen molar-refractivity contribution >= 4 is 31.2 Å². The number of hydrogen-bond donors (Lipinski definition) is 2. The SMILES string of the molecule is CCCN[C@H]1C[C@@H](COC)S(=O)(=O)c2sc(S(N)(=O)=O)cc21. The van der Waals surface area contributed by atoms with Gasteiger partial charge in [0.15, 0.2) is 9.84 Å². The summed E-state index contributed by atoms with van der Waals surface area (Å²) in [5.74, 6) is 0. The van der Waals surface area contributed by atoms with Gasteiger partial charge in [0.2, 0.25) is 10.0 Å². The fourth-order valence-corrected chi connectivity index (χ4v) is 7.08. The number of fused-ring (bicyclic) bond motifs is 1. The minimum atomic E-state index is -3.93. The molecule has 22 heavy (non-hydrogen) atoms. The molecule has 0 saturated heterocycles. The Morgan fingerprint density at radius 2 is 2.18 bits per heavy atom. The molecule has 126 valence electrons. The fourth-order valence-electron chi connectivity index (χ4n) is 2.49. The Morgan fingerprint density at radius 1 is 1.50 bits per heavy atom. The monoisotopic (exact) mass is 368 g/mol. The van der Waals surface area contributed by atoms with Gasteiger partial charge in [0.05, 0.1) is 11.9 Å². The number of thiophene rings is 1. The number of hydrogen-bond acceptors (Lipinski definition) is 7. The number of nitrogens with two attached hydrogens (primary N) is 1. The normalized spacial score (nSPS) is 24.1. The highest BCUT2D eigenvalue weighted by Crippen LogP contribution is 2.42. The van der Waals surface area contributed by atoms with Crippen LogP contribution in [0, 0.1) is 0 Å². The third-order valence-electron chi connectivity index (χ3n) is 3.55. The molecule has 2 atom stereocenters. The van der Waals surface area contributed by atoms with Crippen molar-refractivity contribution in [3.8, 4) is 0 Å². The van der Waals surface area contributed by atoms with E-state index in [1.807, 2.05) is 6.92 Å². The molecule has 0 saturated carbocycles. The number of nitrogens with one attached hydrogen (secondary N) is 1. The Labute approximate surface area is 134 Å². The fraction of sp³-hybridized carbons (Fsp3) is 0.667. The first-order chi connectivity index (χ1) is 10.2. The number of ether oxygens (including phenoxy) is 1. The van der Waals surface area contributed by atoms with Gasteiger partial charge in [-0.1, -0.05) is 6.92 Å². The van der Waals surface area contributed by atoms with Crippen LogP contribution in [-0.2, 0) is 24.6 Å². The third-order valence-corrected chi connectivity index (χ3v) is 8.82. The molecule has 1 aromatic heterocycles. The number of primary sulfonamides is 1. The highest BCUT2D eigenvalue weighted by Gasteiger charge is 2.41. The van der Waals surface area contributed by atoms with Crippen LogP contribution in [-0.4, -0.2) is 42.3 Å². The first-order valence-electron chi connectivity index (χ1n) is 6.84. The zero-order chi connectivity index (χ0) is 16.5. The van der Waals surface area contributed by atoms with E-state index in [2.05, 4.69) is 5.32 Å². The minimum absolute atomic E-state index is 0.0781. The molecule has 1 aromatic rings. The molecule has 1 aliphatic heterocycles. The lowest BCUT2D eigenvalue weighted by Gasteiger charge is -2.29. The minimum Gasteiger partial charge on any atom is -0.383 e. The van der Waals surface area contributed by atoms with Crippen LogP contribution in [0.3, 0.4) is 0 Å². The predicted octanol–water partition coefficient (Wildman–Crippen LogP) is 0.629. The van der Waals surface area contributed by atoms with Crippen LogP contribution in [0.5, 0.6) is 0 Å². The summed E-state index contributed by atoms with van der Waals surface area (Å²) >= 11 is 0.720. The van der Waals surface area contributed by atoms with E-state index in [4.69, 9.17) is 9.88 Å². The van der Waals surface area contributed by atoms with Gasteiger partial charge in [-0.25, -0.2) is 22.0 Å². The molecule has 1 aliphatic rings. The van der Waals surface area contributed by atoms with E-state index < -0.39 is 25.1 Å². The highest BCUT2D eigenvalue weighted by molar-refractivity contribution is 7.95. The van der Waals surface area contributed by atoms with E-state index in [9.17, 15) is 16.8 Å². The van der Waals surface area contributed by atoms with Crippen LogP contribution in [0.2, 0.25) is 0 Å². The van der Waals surface area contributed by atoms with Gasteiger partial charge in [0.25, 0.3) is 0 Å². The van der Waals surface area contributed by atoms with Crippen LogP contribution in [0.25, 0.3) is 0 Å². The number of sulfone groups is 1. The van der Waals surface area contributed by atoms with Crippen molar-refractivity contribution in [1.29, 1.82) is 0 Å². The molecule has 0 aromatic carbocycles. The van der Waals surface area contributed by atoms with E-state index in [-0.39, 0.29) is 21.1 Å². The lowest BCUT2D eigenvalue weighted by molar-refractivity contribution is 0.189. The van der Waals surface area contributed by atoms with Gasteiger partial charge in [-0.15, -0.1) is 11.3 Å². The van der Waals surface area contributed by atoms with Gasteiger partial charge in [-0.05, 0) is 25.5 Å². The summed E-state index contributed by atoms with van der Waals surface area (Å²) in [7, 11) is -6.09. The van der Waals surface area contributed by atoms with Crippen molar-refractivity contribution in [2.24, 2.45) is 5.14 Å². The Morgan fingerprint density at radius 3 is 2.73 bits per heavy atom. The summed E-state index contributed by atoms with van der Waals surface area (Å²) in [6.07, 6.45) is 1.24. The quantitative estimate of drug-likeness (QED) is 0.761. The summed E-state index contributed by atoms with van der Waals surface area (Å²) in [5.41, 5.74) is 0.495. The lowest BCUT2D eigenvalue weighted by Crippen LogP contribution is -2.37. The molecule has 0 spiro atoms. The lowest BCUT2D eigenvalue weighted by atomic mass is 10.0. The van der Waals surface area contributed by atoms with Crippen molar-refractivity contribution in [3.05, 3.63) is 11.6 Å². The Balaban J connectivity index is 2.54. The standard InChI is InChI=1S/C12H20N2O5S3/c1-3-4-14-10-5-8(7-19-2)21(15,16)12-9(10)6-11(20-12)22(13,17)18/h6,8,10,14H,3-5,7H2,1-2H3,(H2,13,17,18)/t8-,10-/m0/s1. The van der Waals surface area contributed by atoms with E-state index in [0.29, 0.717) is 18.5 Å². The van der Waals surface area contributed by atoms with Gasteiger partial charge >= 0.3 is 0 Å². The van der Waals surface area contributed by atoms with Crippen LogP contribution < -0.4 is 10.5 Å². The van der Waals surface area contributed by atoms with Crippen LogP contribution in [0.4, 0.5) is 0 Å². The van der Waals surface area contributed by atoms with Crippen LogP contribution >= 0.6 is 11.3 Å². The second-order valence-electron chi connectivity index (χ2n) is 5.22. The van der Waals surface area contributed by atoms with E-state index in [1.165, 1.54) is 13.2 Å². The van der Waals surface area contributed by atoms with Crippen molar-refractivity contribution in [3.63, 3.8) is 0 Å². The van der Waals surface area contributed by atoms with Gasteiger partial charge in [-0.2, -0.15) is 0 Å². The van der Waals surface area contributed by atoms with Crippen molar-refractivity contribution < 1.29 is 21.6 Å².